The number of fused-ring (bicyclic) bond motifs is 1. The number of nitrogens with zero attached hydrogens (tertiary/aromatic N) is 1. The van der Waals surface area contributed by atoms with Gasteiger partial charge in [-0.25, -0.2) is 0 Å². The molecule has 0 spiro atoms. The van der Waals surface area contributed by atoms with Crippen molar-refractivity contribution in [1.29, 1.82) is 0 Å². The normalized spacial score (nSPS) is 12.3. The van der Waals surface area contributed by atoms with Crippen LogP contribution in [0.2, 0.25) is 0 Å². The third-order valence-corrected chi connectivity index (χ3v) is 4.37. The summed E-state index contributed by atoms with van der Waals surface area (Å²) in [5.74, 6) is 3.25. The molecule has 0 saturated carbocycles. The molecule has 0 radical (unpaired) electrons. The van der Waals surface area contributed by atoms with E-state index in [4.69, 9.17) is 18.7 Å². The number of aromatic nitrogens is 1. The molecule has 0 amide bonds. The smallest absolute Gasteiger partial charge is 0.231 e. The van der Waals surface area contributed by atoms with Gasteiger partial charge < -0.3 is 24.1 Å². The second kappa shape index (κ2) is 7.49. The van der Waals surface area contributed by atoms with Crippen LogP contribution in [0.15, 0.2) is 53.1 Å². The average molecular weight is 353 g/mol. The van der Waals surface area contributed by atoms with Crippen LogP contribution in [0.4, 0.5) is 0 Å². The van der Waals surface area contributed by atoms with Gasteiger partial charge >= 0.3 is 0 Å². The highest BCUT2D eigenvalue weighted by molar-refractivity contribution is 5.64. The third-order valence-electron chi connectivity index (χ3n) is 4.37. The Morgan fingerprint density at radius 1 is 1.04 bits per heavy atom. The zero-order valence-corrected chi connectivity index (χ0v) is 14.6. The second-order valence-corrected chi connectivity index (χ2v) is 6.13. The summed E-state index contributed by atoms with van der Waals surface area (Å²) in [5, 5.41) is 6.38. The molecule has 6 heteroatoms. The van der Waals surface area contributed by atoms with Crippen LogP contribution in [0.1, 0.15) is 11.3 Å². The van der Waals surface area contributed by atoms with Crippen molar-refractivity contribution in [2.75, 3.05) is 20.4 Å². The van der Waals surface area contributed by atoms with Crippen molar-refractivity contribution in [3.63, 3.8) is 0 Å². The zero-order chi connectivity index (χ0) is 17.8. The summed E-state index contributed by atoms with van der Waals surface area (Å²) in [7, 11) is 1.68. The van der Waals surface area contributed by atoms with Gasteiger partial charge in [0, 0.05) is 18.1 Å². The van der Waals surface area contributed by atoms with Gasteiger partial charge in [-0.2, -0.15) is 0 Å². The lowest BCUT2D eigenvalue weighted by Crippen LogP contribution is -2.83. The molecule has 2 aromatic carbocycles. The minimum absolute atomic E-state index is 0.270. The number of methoxy groups -OCH3 is 1. The lowest BCUT2D eigenvalue weighted by Gasteiger charge is -2.02. The molecule has 0 atom stereocenters. The summed E-state index contributed by atoms with van der Waals surface area (Å²) in [6, 6.07) is 15.9. The van der Waals surface area contributed by atoms with Crippen LogP contribution in [-0.4, -0.2) is 25.6 Å². The molecule has 1 aliphatic rings. The second-order valence-electron chi connectivity index (χ2n) is 6.13. The number of benzene rings is 2. The number of nitrogens with two attached hydrogens (primary N) is 1. The summed E-state index contributed by atoms with van der Waals surface area (Å²) in [5.41, 5.74) is 3.06. The maximum Gasteiger partial charge on any atom is 0.231 e. The van der Waals surface area contributed by atoms with Crippen molar-refractivity contribution in [2.24, 2.45) is 0 Å². The summed E-state index contributed by atoms with van der Waals surface area (Å²) >= 11 is 0. The van der Waals surface area contributed by atoms with E-state index in [1.165, 1.54) is 5.56 Å². The van der Waals surface area contributed by atoms with Crippen LogP contribution in [0.5, 0.6) is 17.2 Å². The van der Waals surface area contributed by atoms with Gasteiger partial charge in [-0.3, -0.25) is 0 Å². The first kappa shape index (κ1) is 16.5. The Kier molecular flexibility index (Phi) is 4.75. The van der Waals surface area contributed by atoms with E-state index < -0.39 is 0 Å². The zero-order valence-electron chi connectivity index (χ0n) is 14.6. The molecule has 1 aromatic heterocycles. The Labute approximate surface area is 151 Å². The highest BCUT2D eigenvalue weighted by Gasteiger charge is 2.15. The van der Waals surface area contributed by atoms with Crippen LogP contribution in [-0.2, 0) is 13.0 Å². The molecule has 0 aliphatic carbocycles. The van der Waals surface area contributed by atoms with Crippen LogP contribution >= 0.6 is 0 Å². The predicted molar refractivity (Wildman–Crippen MR) is 95.3 cm³/mol. The predicted octanol–water partition coefficient (Wildman–Crippen LogP) is 2.38. The van der Waals surface area contributed by atoms with E-state index >= 15 is 0 Å². The average Bonchev–Trinajstić information content (AvgIpc) is 3.34. The van der Waals surface area contributed by atoms with Crippen molar-refractivity contribution in [3.05, 3.63) is 59.9 Å². The van der Waals surface area contributed by atoms with Crippen molar-refractivity contribution in [2.45, 2.75) is 13.0 Å². The molecular weight excluding hydrogens is 332 g/mol. The molecule has 134 valence electrons. The van der Waals surface area contributed by atoms with E-state index in [1.54, 1.807) is 7.11 Å². The molecular formula is C20H21N2O4+. The number of ether oxygens (including phenoxy) is 3. The standard InChI is InChI=1S/C20H20N2O4/c1-23-16-5-2-14(3-6-16)8-9-21-12-17-11-18(22-26-17)15-4-7-19-20(10-15)25-13-24-19/h2-7,10-11,21H,8-9,12-13H2,1H3/p+1. The van der Waals surface area contributed by atoms with Gasteiger partial charge in [0.1, 0.15) is 18.0 Å². The SMILES string of the molecule is COc1ccc(CC[NH2+]Cc2cc(-c3ccc4c(c3)OCO4)no2)cc1. The van der Waals surface area contributed by atoms with Crippen molar-refractivity contribution < 1.29 is 24.1 Å². The number of quaternary nitrogens is 1. The summed E-state index contributed by atoms with van der Waals surface area (Å²) < 4.78 is 21.4. The molecule has 2 N–H and O–H groups in total. The molecule has 0 fully saturated rings. The lowest BCUT2D eigenvalue weighted by atomic mass is 10.1. The van der Waals surface area contributed by atoms with Gasteiger partial charge in [0.05, 0.1) is 13.7 Å². The molecule has 0 saturated heterocycles. The van der Waals surface area contributed by atoms with Gasteiger partial charge in [-0.05, 0) is 35.9 Å². The van der Waals surface area contributed by atoms with Crippen molar-refractivity contribution in [3.8, 4) is 28.5 Å². The number of rotatable bonds is 7. The van der Waals surface area contributed by atoms with E-state index in [1.807, 2.05) is 36.4 Å². The quantitative estimate of drug-likeness (QED) is 0.661. The van der Waals surface area contributed by atoms with Crippen LogP contribution < -0.4 is 19.5 Å². The summed E-state index contributed by atoms with van der Waals surface area (Å²) in [6.45, 7) is 2.01. The molecule has 1 aliphatic heterocycles. The molecule has 0 bridgehead atoms. The Bertz CT molecular complexity index is 874. The van der Waals surface area contributed by atoms with Gasteiger partial charge in [-0.15, -0.1) is 0 Å². The topological polar surface area (TPSA) is 70.3 Å². The van der Waals surface area contributed by atoms with E-state index in [0.717, 1.165) is 53.8 Å². The minimum atomic E-state index is 0.270. The monoisotopic (exact) mass is 353 g/mol. The van der Waals surface area contributed by atoms with Crippen LogP contribution in [0, 0.1) is 0 Å². The third kappa shape index (κ3) is 3.65. The fourth-order valence-corrected chi connectivity index (χ4v) is 2.91. The van der Waals surface area contributed by atoms with E-state index in [-0.39, 0.29) is 6.79 Å². The highest BCUT2D eigenvalue weighted by Crippen LogP contribution is 2.35. The summed E-state index contributed by atoms with van der Waals surface area (Å²) in [4.78, 5) is 0. The molecule has 3 aromatic rings. The molecule has 4 rings (SSSR count). The summed E-state index contributed by atoms with van der Waals surface area (Å²) in [6.07, 6.45) is 0.993. The Balaban J connectivity index is 1.29. The molecule has 0 unspecified atom stereocenters. The minimum Gasteiger partial charge on any atom is -0.497 e. The lowest BCUT2D eigenvalue weighted by molar-refractivity contribution is -0.672. The molecule has 26 heavy (non-hydrogen) atoms. The van der Waals surface area contributed by atoms with Crippen LogP contribution in [0.3, 0.4) is 0 Å². The Morgan fingerprint density at radius 2 is 1.88 bits per heavy atom. The van der Waals surface area contributed by atoms with E-state index in [0.29, 0.717) is 0 Å². The van der Waals surface area contributed by atoms with E-state index in [2.05, 4.69) is 22.6 Å². The Morgan fingerprint density at radius 3 is 2.73 bits per heavy atom. The van der Waals surface area contributed by atoms with Gasteiger partial charge in [0.25, 0.3) is 0 Å². The van der Waals surface area contributed by atoms with Crippen LogP contribution in [0.25, 0.3) is 11.3 Å². The first-order valence-corrected chi connectivity index (χ1v) is 8.62. The van der Waals surface area contributed by atoms with Gasteiger partial charge in [-0.1, -0.05) is 17.3 Å². The highest BCUT2D eigenvalue weighted by atomic mass is 16.7. The fourth-order valence-electron chi connectivity index (χ4n) is 2.91. The fraction of sp³-hybridized carbons (Fsp3) is 0.250. The van der Waals surface area contributed by atoms with Crippen molar-refractivity contribution in [1.82, 2.24) is 5.16 Å². The first-order chi connectivity index (χ1) is 12.8. The number of hydrogen-bond acceptors (Lipinski definition) is 5. The largest absolute Gasteiger partial charge is 0.497 e. The number of hydrogen-bond donors (Lipinski definition) is 1. The Hall–Kier alpha value is -2.99. The molecule has 2 heterocycles. The van der Waals surface area contributed by atoms with E-state index in [9.17, 15) is 0 Å². The first-order valence-electron chi connectivity index (χ1n) is 8.62. The maximum absolute atomic E-state index is 5.45. The molecule has 6 nitrogen and oxygen atoms in total. The van der Waals surface area contributed by atoms with Gasteiger partial charge in [0.15, 0.2) is 17.3 Å². The maximum atomic E-state index is 5.45. The van der Waals surface area contributed by atoms with Crippen molar-refractivity contribution >= 4 is 0 Å². The van der Waals surface area contributed by atoms with Gasteiger partial charge in [0.2, 0.25) is 6.79 Å².